The van der Waals surface area contributed by atoms with Crippen LogP contribution in [0, 0.1) is 0 Å². The molecule has 2 heterocycles. The Hall–Kier alpha value is -3.35. The first-order valence-electron chi connectivity index (χ1n) is 9.50. The van der Waals surface area contributed by atoms with Gasteiger partial charge in [-0.25, -0.2) is 4.79 Å². The van der Waals surface area contributed by atoms with Gasteiger partial charge in [0, 0.05) is 23.8 Å². The van der Waals surface area contributed by atoms with E-state index in [0.29, 0.717) is 5.56 Å². The molecule has 0 bridgehead atoms. The second-order valence-corrected chi connectivity index (χ2v) is 7.31. The van der Waals surface area contributed by atoms with Gasteiger partial charge in [-0.2, -0.15) is 0 Å². The van der Waals surface area contributed by atoms with Crippen molar-refractivity contribution in [3.05, 3.63) is 46.8 Å². The van der Waals surface area contributed by atoms with Gasteiger partial charge in [0.25, 0.3) is 0 Å². The van der Waals surface area contributed by atoms with Crippen LogP contribution >= 0.6 is 0 Å². The summed E-state index contributed by atoms with van der Waals surface area (Å²) in [5.74, 6) is -1.31. The molecule has 4 rings (SSSR count). The van der Waals surface area contributed by atoms with E-state index in [0.717, 1.165) is 18.2 Å². The van der Waals surface area contributed by atoms with Crippen LogP contribution in [0.3, 0.4) is 0 Å². The maximum absolute atomic E-state index is 12.1. The summed E-state index contributed by atoms with van der Waals surface area (Å²) in [4.78, 5) is 12.1. The van der Waals surface area contributed by atoms with Crippen molar-refractivity contribution < 1.29 is 49.6 Å². The number of benzene rings is 2. The number of aliphatic hydroxyl groups excluding tert-OH is 4. The van der Waals surface area contributed by atoms with Crippen molar-refractivity contribution >= 4 is 11.0 Å². The molecule has 1 saturated heterocycles. The van der Waals surface area contributed by atoms with Gasteiger partial charge in [-0.05, 0) is 17.7 Å². The highest BCUT2D eigenvalue weighted by Gasteiger charge is 2.45. The van der Waals surface area contributed by atoms with Crippen LogP contribution in [0.5, 0.6) is 23.0 Å². The lowest BCUT2D eigenvalue weighted by molar-refractivity contribution is -0.277. The van der Waals surface area contributed by atoms with Gasteiger partial charge in [-0.15, -0.1) is 0 Å². The van der Waals surface area contributed by atoms with Crippen molar-refractivity contribution in [1.29, 1.82) is 0 Å². The Morgan fingerprint density at radius 2 is 1.66 bits per heavy atom. The summed E-state index contributed by atoms with van der Waals surface area (Å²) in [7, 11) is 0. The highest BCUT2D eigenvalue weighted by atomic mass is 16.7. The number of ether oxygens (including phenoxy) is 2. The Morgan fingerprint density at radius 1 is 0.906 bits per heavy atom. The average molecular weight is 448 g/mol. The van der Waals surface area contributed by atoms with Crippen LogP contribution in [0.1, 0.15) is 0 Å². The van der Waals surface area contributed by atoms with E-state index in [9.17, 15) is 40.5 Å². The first-order valence-corrected chi connectivity index (χ1v) is 9.50. The third-order valence-corrected chi connectivity index (χ3v) is 5.17. The minimum atomic E-state index is -1.72. The third-order valence-electron chi connectivity index (χ3n) is 5.17. The van der Waals surface area contributed by atoms with Crippen LogP contribution in [-0.2, 0) is 4.74 Å². The standard InChI is InChI=1S/C21H20O11/c22-7-15-18(27)19(28)20(29)21(32-15)31-14-5-9(23)4-13-17(14)10(6-16(26)30-13)8-1-2-11(24)12(25)3-8/h1-6,15,18-25,27-29H,7H2/t15-,18-,19+,20-,21-/m0/s1. The normalized spacial score (nSPS) is 25.7. The van der Waals surface area contributed by atoms with Gasteiger partial charge in [0.05, 0.1) is 12.0 Å². The van der Waals surface area contributed by atoms with Crippen molar-refractivity contribution in [2.45, 2.75) is 30.7 Å². The van der Waals surface area contributed by atoms with E-state index in [1.807, 2.05) is 0 Å². The Bertz CT molecular complexity index is 1200. The van der Waals surface area contributed by atoms with E-state index in [1.54, 1.807) is 0 Å². The summed E-state index contributed by atoms with van der Waals surface area (Å²) in [6, 6.07) is 7.24. The average Bonchev–Trinajstić information content (AvgIpc) is 2.75. The summed E-state index contributed by atoms with van der Waals surface area (Å²) in [5.41, 5.74) is -0.377. The minimum absolute atomic E-state index is 0.0975. The summed E-state index contributed by atoms with van der Waals surface area (Å²) in [5, 5.41) is 69.3. The van der Waals surface area contributed by atoms with E-state index in [-0.39, 0.29) is 33.8 Å². The number of hydrogen-bond donors (Lipinski definition) is 7. The van der Waals surface area contributed by atoms with Crippen molar-refractivity contribution in [2.24, 2.45) is 0 Å². The molecular weight excluding hydrogens is 428 g/mol. The van der Waals surface area contributed by atoms with E-state index in [1.165, 1.54) is 18.2 Å². The van der Waals surface area contributed by atoms with Crippen LogP contribution in [0.25, 0.3) is 22.1 Å². The van der Waals surface area contributed by atoms with Crippen molar-refractivity contribution in [2.75, 3.05) is 6.61 Å². The predicted octanol–water partition coefficient (Wildman–Crippen LogP) is -0.245. The first-order chi connectivity index (χ1) is 15.2. The number of hydrogen-bond acceptors (Lipinski definition) is 11. The molecule has 0 radical (unpaired) electrons. The highest BCUT2D eigenvalue weighted by molar-refractivity contribution is 5.98. The molecule has 0 unspecified atom stereocenters. The molecule has 0 spiro atoms. The summed E-state index contributed by atoms with van der Waals surface area (Å²) in [6.07, 6.45) is -7.80. The molecule has 2 aromatic carbocycles. The number of phenolic OH excluding ortho intramolecular Hbond substituents is 3. The Labute approximate surface area is 179 Å². The van der Waals surface area contributed by atoms with Crippen LogP contribution < -0.4 is 10.4 Å². The number of phenols is 3. The molecular formula is C21H20O11. The van der Waals surface area contributed by atoms with E-state index < -0.39 is 48.7 Å². The molecule has 0 saturated carbocycles. The lowest BCUT2D eigenvalue weighted by atomic mass is 9.99. The van der Waals surface area contributed by atoms with Gasteiger partial charge in [-0.3, -0.25) is 0 Å². The van der Waals surface area contributed by atoms with Gasteiger partial charge in [0.1, 0.15) is 41.5 Å². The van der Waals surface area contributed by atoms with Gasteiger partial charge < -0.3 is 49.6 Å². The van der Waals surface area contributed by atoms with E-state index in [4.69, 9.17) is 13.9 Å². The summed E-state index contributed by atoms with van der Waals surface area (Å²) in [6.45, 7) is -0.668. The molecule has 32 heavy (non-hydrogen) atoms. The third kappa shape index (κ3) is 3.83. The van der Waals surface area contributed by atoms with Gasteiger partial charge in [0.2, 0.25) is 6.29 Å². The van der Waals surface area contributed by atoms with Crippen LogP contribution in [-0.4, -0.2) is 73.1 Å². The molecule has 11 heteroatoms. The van der Waals surface area contributed by atoms with Gasteiger partial charge in [-0.1, -0.05) is 6.07 Å². The Balaban J connectivity index is 1.86. The predicted molar refractivity (Wildman–Crippen MR) is 107 cm³/mol. The molecule has 11 nitrogen and oxygen atoms in total. The Kier molecular flexibility index (Phi) is 5.67. The minimum Gasteiger partial charge on any atom is -0.508 e. The quantitative estimate of drug-likeness (QED) is 0.206. The first kappa shape index (κ1) is 21.9. The van der Waals surface area contributed by atoms with Crippen molar-refractivity contribution in [3.8, 4) is 34.1 Å². The zero-order valence-corrected chi connectivity index (χ0v) is 16.3. The molecule has 1 aliphatic rings. The lowest BCUT2D eigenvalue weighted by Crippen LogP contribution is -2.60. The lowest BCUT2D eigenvalue weighted by Gasteiger charge is -2.39. The Morgan fingerprint density at radius 3 is 2.34 bits per heavy atom. The van der Waals surface area contributed by atoms with E-state index in [2.05, 4.69) is 0 Å². The second kappa shape index (κ2) is 8.30. The SMILES string of the molecule is O=c1cc(-c2ccc(O)c(O)c2)c2c(O[C@H]3O[C@@H](CO)[C@H](O)[C@@H](O)[C@@H]3O)cc(O)cc2o1. The number of aromatic hydroxyl groups is 3. The number of aliphatic hydroxyl groups is 4. The largest absolute Gasteiger partial charge is 0.508 e. The van der Waals surface area contributed by atoms with Gasteiger partial charge in [0.15, 0.2) is 11.5 Å². The molecule has 1 fully saturated rings. The van der Waals surface area contributed by atoms with Crippen molar-refractivity contribution in [3.63, 3.8) is 0 Å². The molecule has 3 aromatic rings. The monoisotopic (exact) mass is 448 g/mol. The van der Waals surface area contributed by atoms with Crippen LogP contribution in [0.15, 0.2) is 45.6 Å². The zero-order chi connectivity index (χ0) is 23.2. The van der Waals surface area contributed by atoms with Crippen molar-refractivity contribution in [1.82, 2.24) is 0 Å². The molecule has 1 aromatic heterocycles. The maximum Gasteiger partial charge on any atom is 0.336 e. The summed E-state index contributed by atoms with van der Waals surface area (Å²) < 4.78 is 16.2. The number of fused-ring (bicyclic) bond motifs is 1. The molecule has 0 amide bonds. The topological polar surface area (TPSA) is 190 Å². The molecule has 1 aliphatic heterocycles. The maximum atomic E-state index is 12.1. The second-order valence-electron chi connectivity index (χ2n) is 7.31. The molecule has 5 atom stereocenters. The molecule has 7 N–H and O–H groups in total. The fourth-order valence-corrected chi connectivity index (χ4v) is 3.55. The smallest absolute Gasteiger partial charge is 0.336 e. The highest BCUT2D eigenvalue weighted by Crippen LogP contribution is 2.40. The number of rotatable bonds is 4. The molecule has 0 aliphatic carbocycles. The zero-order valence-electron chi connectivity index (χ0n) is 16.3. The fraction of sp³-hybridized carbons (Fsp3) is 0.286. The fourth-order valence-electron chi connectivity index (χ4n) is 3.55. The van der Waals surface area contributed by atoms with Crippen LogP contribution in [0.4, 0.5) is 0 Å². The summed E-state index contributed by atoms with van der Waals surface area (Å²) >= 11 is 0. The van der Waals surface area contributed by atoms with Crippen LogP contribution in [0.2, 0.25) is 0 Å². The molecule has 170 valence electrons. The van der Waals surface area contributed by atoms with E-state index >= 15 is 0 Å². The van der Waals surface area contributed by atoms with Gasteiger partial charge >= 0.3 is 5.63 Å².